The Balaban J connectivity index is 1.58. The minimum atomic E-state index is -1.54. The van der Waals surface area contributed by atoms with Crippen LogP contribution in [0.5, 0.6) is 0 Å². The topological polar surface area (TPSA) is 0 Å². The molecule has 0 nitrogen and oxygen atoms in total. The molecule has 0 amide bonds. The molecule has 0 fully saturated rings. The second-order valence-electron chi connectivity index (χ2n) is 8.21. The summed E-state index contributed by atoms with van der Waals surface area (Å²) >= 11 is 0. The van der Waals surface area contributed by atoms with Gasteiger partial charge in [-0.2, -0.15) is 0 Å². The van der Waals surface area contributed by atoms with Crippen molar-refractivity contribution < 1.29 is 17.6 Å². The number of hydrogen-bond donors (Lipinski definition) is 0. The molecule has 4 rings (SSSR count). The minimum absolute atomic E-state index is 0.0720. The van der Waals surface area contributed by atoms with Gasteiger partial charge in [-0.25, -0.2) is 17.6 Å². The fourth-order valence-corrected chi connectivity index (χ4v) is 3.94. The Morgan fingerprint density at radius 3 is 1.52 bits per heavy atom. The van der Waals surface area contributed by atoms with Crippen molar-refractivity contribution in [1.82, 2.24) is 0 Å². The van der Waals surface area contributed by atoms with Crippen molar-refractivity contribution in [2.24, 2.45) is 0 Å². The average molecular weight is 449 g/mol. The maximum atomic E-state index is 14.3. The van der Waals surface area contributed by atoms with Crippen LogP contribution in [0, 0.1) is 23.3 Å². The fraction of sp³-hybridized carbons (Fsp3) is 0.172. The van der Waals surface area contributed by atoms with Gasteiger partial charge in [-0.05, 0) is 82.1 Å². The summed E-state index contributed by atoms with van der Waals surface area (Å²) in [6.45, 7) is 2.19. The zero-order chi connectivity index (χ0) is 23.4. The summed E-state index contributed by atoms with van der Waals surface area (Å²) in [7, 11) is 0. The van der Waals surface area contributed by atoms with Gasteiger partial charge in [0, 0.05) is 0 Å². The fourth-order valence-electron chi connectivity index (χ4n) is 3.94. The van der Waals surface area contributed by atoms with E-state index >= 15 is 0 Å². The molecule has 0 bridgehead atoms. The normalized spacial score (nSPS) is 11.1. The number of hydrogen-bond acceptors (Lipinski definition) is 0. The Bertz CT molecular complexity index is 1220. The Morgan fingerprint density at radius 2 is 0.970 bits per heavy atom. The highest BCUT2D eigenvalue weighted by Crippen LogP contribution is 2.31. The van der Waals surface area contributed by atoms with E-state index in [0.717, 1.165) is 35.2 Å². The molecule has 0 heterocycles. The third kappa shape index (κ3) is 5.33. The molecule has 4 aromatic rings. The van der Waals surface area contributed by atoms with Crippen molar-refractivity contribution in [2.75, 3.05) is 0 Å². The van der Waals surface area contributed by atoms with Crippen LogP contribution in [-0.4, -0.2) is 0 Å². The molecule has 0 atom stereocenters. The smallest absolute Gasteiger partial charge is 0.194 e. The van der Waals surface area contributed by atoms with Gasteiger partial charge in [0.05, 0.1) is 0 Å². The highest BCUT2D eigenvalue weighted by molar-refractivity contribution is 5.75. The Morgan fingerprint density at radius 1 is 0.515 bits per heavy atom. The number of unbranched alkanes of at least 4 members (excludes halogenated alkanes) is 2. The van der Waals surface area contributed by atoms with Crippen molar-refractivity contribution in [1.29, 1.82) is 0 Å². The molecule has 0 saturated heterocycles. The summed E-state index contributed by atoms with van der Waals surface area (Å²) in [5, 5.41) is 0. The highest BCUT2D eigenvalue weighted by Gasteiger charge is 2.13. The average Bonchev–Trinajstić information content (AvgIpc) is 2.82. The standard InChI is InChI=1S/C29H24F4/c1-2-3-4-5-19-6-8-20(9-7-19)21-10-12-22(13-11-21)23-14-24(16-26(30)15-23)25-17-27(31)29(33)28(32)18-25/h6-18H,2-5H2,1H3. The van der Waals surface area contributed by atoms with E-state index in [9.17, 15) is 17.6 Å². The van der Waals surface area contributed by atoms with E-state index in [4.69, 9.17) is 0 Å². The second kappa shape index (κ2) is 10.0. The first kappa shape index (κ1) is 22.8. The van der Waals surface area contributed by atoms with Gasteiger partial charge in [0.2, 0.25) is 0 Å². The van der Waals surface area contributed by atoms with Crippen molar-refractivity contribution in [3.8, 4) is 33.4 Å². The summed E-state index contributed by atoms with van der Waals surface area (Å²) in [5.74, 6) is -4.71. The SMILES string of the molecule is CCCCCc1ccc(-c2ccc(-c3cc(F)cc(-c4cc(F)c(F)c(F)c4)c3)cc2)cc1. The van der Waals surface area contributed by atoms with Crippen LogP contribution in [0.2, 0.25) is 0 Å². The summed E-state index contributed by atoms with van der Waals surface area (Å²) in [4.78, 5) is 0. The van der Waals surface area contributed by atoms with Gasteiger partial charge in [-0.1, -0.05) is 68.3 Å². The third-order valence-electron chi connectivity index (χ3n) is 5.79. The molecule has 0 aliphatic heterocycles. The maximum absolute atomic E-state index is 14.3. The summed E-state index contributed by atoms with van der Waals surface area (Å²) in [5.41, 5.74) is 5.13. The molecule has 0 radical (unpaired) electrons. The molecule has 0 spiro atoms. The van der Waals surface area contributed by atoms with Crippen LogP contribution in [0.25, 0.3) is 33.4 Å². The predicted octanol–water partition coefficient (Wildman–Crippen LogP) is 8.98. The lowest BCUT2D eigenvalue weighted by Gasteiger charge is -2.10. The maximum Gasteiger partial charge on any atom is 0.194 e. The molecule has 0 aliphatic rings. The number of aryl methyl sites for hydroxylation is 1. The van der Waals surface area contributed by atoms with Gasteiger partial charge >= 0.3 is 0 Å². The number of benzene rings is 4. The first-order chi connectivity index (χ1) is 15.9. The van der Waals surface area contributed by atoms with Crippen LogP contribution < -0.4 is 0 Å². The van der Waals surface area contributed by atoms with Crippen LogP contribution in [0.15, 0.2) is 78.9 Å². The van der Waals surface area contributed by atoms with Gasteiger partial charge in [-0.15, -0.1) is 0 Å². The number of rotatable bonds is 7. The van der Waals surface area contributed by atoms with Gasteiger partial charge in [0.15, 0.2) is 17.5 Å². The molecule has 4 heteroatoms. The highest BCUT2D eigenvalue weighted by atomic mass is 19.2. The van der Waals surface area contributed by atoms with Crippen LogP contribution in [0.4, 0.5) is 17.6 Å². The van der Waals surface area contributed by atoms with Crippen LogP contribution in [0.3, 0.4) is 0 Å². The minimum Gasteiger partial charge on any atom is -0.207 e. The second-order valence-corrected chi connectivity index (χ2v) is 8.21. The van der Waals surface area contributed by atoms with E-state index in [1.807, 2.05) is 24.3 Å². The zero-order valence-electron chi connectivity index (χ0n) is 18.3. The Labute approximate surface area is 191 Å². The van der Waals surface area contributed by atoms with E-state index in [0.29, 0.717) is 5.56 Å². The van der Waals surface area contributed by atoms with Gasteiger partial charge in [0.1, 0.15) is 5.82 Å². The van der Waals surface area contributed by atoms with Crippen LogP contribution in [0.1, 0.15) is 31.7 Å². The molecular weight excluding hydrogens is 424 g/mol. The quantitative estimate of drug-likeness (QED) is 0.150. The number of halogens is 4. The molecule has 0 N–H and O–H groups in total. The van der Waals surface area contributed by atoms with Gasteiger partial charge in [0.25, 0.3) is 0 Å². The zero-order valence-corrected chi connectivity index (χ0v) is 18.3. The van der Waals surface area contributed by atoms with E-state index in [2.05, 4.69) is 31.2 Å². The molecule has 0 aromatic heterocycles. The van der Waals surface area contributed by atoms with Gasteiger partial charge < -0.3 is 0 Å². The van der Waals surface area contributed by atoms with E-state index in [-0.39, 0.29) is 11.1 Å². The van der Waals surface area contributed by atoms with E-state index in [1.165, 1.54) is 37.0 Å². The summed E-state index contributed by atoms with van der Waals surface area (Å²) in [6, 6.07) is 22.1. The lowest BCUT2D eigenvalue weighted by atomic mass is 9.96. The lowest BCUT2D eigenvalue weighted by Crippen LogP contribution is -1.93. The molecule has 0 aliphatic carbocycles. The van der Waals surface area contributed by atoms with Crippen molar-refractivity contribution in [3.63, 3.8) is 0 Å². The largest absolute Gasteiger partial charge is 0.207 e. The van der Waals surface area contributed by atoms with Gasteiger partial charge in [-0.3, -0.25) is 0 Å². The first-order valence-electron chi connectivity index (χ1n) is 11.1. The Kier molecular flexibility index (Phi) is 6.93. The summed E-state index contributed by atoms with van der Waals surface area (Å²) in [6.07, 6.45) is 4.71. The molecular formula is C29H24F4. The lowest BCUT2D eigenvalue weighted by molar-refractivity contribution is 0.447. The molecule has 0 unspecified atom stereocenters. The van der Waals surface area contributed by atoms with Crippen molar-refractivity contribution in [3.05, 3.63) is 108 Å². The van der Waals surface area contributed by atoms with Crippen molar-refractivity contribution in [2.45, 2.75) is 32.6 Å². The molecule has 4 aromatic carbocycles. The molecule has 0 saturated carbocycles. The summed E-state index contributed by atoms with van der Waals surface area (Å²) < 4.78 is 54.9. The molecule has 33 heavy (non-hydrogen) atoms. The predicted molar refractivity (Wildman–Crippen MR) is 126 cm³/mol. The monoisotopic (exact) mass is 448 g/mol. The Hall–Kier alpha value is -3.40. The van der Waals surface area contributed by atoms with E-state index < -0.39 is 23.3 Å². The van der Waals surface area contributed by atoms with E-state index in [1.54, 1.807) is 6.07 Å². The van der Waals surface area contributed by atoms with Crippen LogP contribution in [-0.2, 0) is 6.42 Å². The third-order valence-corrected chi connectivity index (χ3v) is 5.79. The van der Waals surface area contributed by atoms with Crippen LogP contribution >= 0.6 is 0 Å². The first-order valence-corrected chi connectivity index (χ1v) is 11.1. The molecule has 168 valence electrons. The van der Waals surface area contributed by atoms with Crippen molar-refractivity contribution >= 4 is 0 Å².